The van der Waals surface area contributed by atoms with Gasteiger partial charge in [-0.05, 0) is 48.1 Å². The van der Waals surface area contributed by atoms with Gasteiger partial charge in [0.05, 0.1) is 5.69 Å². The number of unbranched alkanes of at least 4 members (excludes halogenated alkanes) is 5. The molecule has 0 aliphatic heterocycles. The normalized spacial score (nSPS) is 11.6. The van der Waals surface area contributed by atoms with Crippen molar-refractivity contribution >= 4 is 34.0 Å². The van der Waals surface area contributed by atoms with E-state index in [1.165, 1.54) is 36.2 Å². The highest BCUT2D eigenvalue weighted by Crippen LogP contribution is 2.26. The number of halogens is 1. The van der Waals surface area contributed by atoms with Crippen molar-refractivity contribution in [1.82, 2.24) is 4.98 Å². The molecular formula is C26H30ClN5O2S. The summed E-state index contributed by atoms with van der Waals surface area (Å²) < 4.78 is 0. The number of carboxylic acids is 1. The van der Waals surface area contributed by atoms with E-state index in [1.54, 1.807) is 12.1 Å². The number of aliphatic carboxylic acids is 1. The molecule has 0 saturated carbocycles. The summed E-state index contributed by atoms with van der Waals surface area (Å²) in [5, 5.41) is 19.4. The third kappa shape index (κ3) is 9.25. The second-order valence-corrected chi connectivity index (χ2v) is 9.72. The maximum absolute atomic E-state index is 11.8. The van der Waals surface area contributed by atoms with Gasteiger partial charge in [-0.3, -0.25) is 0 Å². The Hall–Kier alpha value is -3.06. The molecule has 0 radical (unpaired) electrons. The first-order valence-electron chi connectivity index (χ1n) is 11.8. The van der Waals surface area contributed by atoms with Gasteiger partial charge in [0.1, 0.15) is 6.04 Å². The summed E-state index contributed by atoms with van der Waals surface area (Å²) in [6, 6.07) is 14.9. The van der Waals surface area contributed by atoms with E-state index in [4.69, 9.17) is 17.1 Å². The standard InChI is InChI=1S/C26H30ClN5O2S/c27-22-14-10-20(11-15-22)17-23(25(33)34)30-26-31-24(18-35-26)21-12-8-19(9-13-21)7-5-3-1-2-4-6-16-29-32-28/h8-15,18,23H,1-7,16-17H2,(H,30,31)(H,33,34). The summed E-state index contributed by atoms with van der Waals surface area (Å²) in [6.45, 7) is 0.600. The quantitative estimate of drug-likeness (QED) is 0.0938. The van der Waals surface area contributed by atoms with Crippen LogP contribution in [0.5, 0.6) is 0 Å². The van der Waals surface area contributed by atoms with Crippen LogP contribution in [0, 0.1) is 0 Å². The van der Waals surface area contributed by atoms with E-state index in [2.05, 4.69) is 44.6 Å². The molecule has 0 spiro atoms. The van der Waals surface area contributed by atoms with Gasteiger partial charge < -0.3 is 10.4 Å². The van der Waals surface area contributed by atoms with Crippen molar-refractivity contribution in [3.63, 3.8) is 0 Å². The van der Waals surface area contributed by atoms with Gasteiger partial charge in [-0.15, -0.1) is 11.3 Å². The zero-order chi connectivity index (χ0) is 24.9. The Morgan fingerprint density at radius 2 is 1.69 bits per heavy atom. The Balaban J connectivity index is 1.45. The monoisotopic (exact) mass is 511 g/mol. The zero-order valence-electron chi connectivity index (χ0n) is 19.6. The number of anilines is 1. The molecule has 1 atom stereocenters. The van der Waals surface area contributed by atoms with E-state index in [-0.39, 0.29) is 0 Å². The lowest BCUT2D eigenvalue weighted by Crippen LogP contribution is -2.31. The van der Waals surface area contributed by atoms with Crippen molar-refractivity contribution in [3.05, 3.63) is 80.5 Å². The first kappa shape index (κ1) is 26.5. The third-order valence-electron chi connectivity index (χ3n) is 5.74. The van der Waals surface area contributed by atoms with Gasteiger partial charge in [0.15, 0.2) is 5.13 Å². The SMILES string of the molecule is [N-]=[N+]=NCCCCCCCCc1ccc(-c2csc(NC(Cc3ccc(Cl)cc3)C(=O)O)n2)cc1. The van der Waals surface area contributed by atoms with Crippen LogP contribution in [0.25, 0.3) is 21.7 Å². The van der Waals surface area contributed by atoms with Crippen LogP contribution in [0.15, 0.2) is 59.0 Å². The number of aryl methyl sites for hydroxylation is 1. The Morgan fingerprint density at radius 3 is 2.37 bits per heavy atom. The molecule has 2 N–H and O–H groups in total. The first-order chi connectivity index (χ1) is 17.0. The average molecular weight is 512 g/mol. The highest BCUT2D eigenvalue weighted by molar-refractivity contribution is 7.14. The summed E-state index contributed by atoms with van der Waals surface area (Å²) in [7, 11) is 0. The van der Waals surface area contributed by atoms with Crippen molar-refractivity contribution in [2.24, 2.45) is 5.11 Å². The van der Waals surface area contributed by atoms with Gasteiger partial charge in [0.25, 0.3) is 0 Å². The van der Waals surface area contributed by atoms with Crippen molar-refractivity contribution in [2.45, 2.75) is 57.4 Å². The fourth-order valence-corrected chi connectivity index (χ4v) is 4.68. The van der Waals surface area contributed by atoms with Crippen LogP contribution in [0.2, 0.25) is 5.02 Å². The number of hydrogen-bond acceptors (Lipinski definition) is 5. The summed E-state index contributed by atoms with van der Waals surface area (Å²) in [5.74, 6) is -0.922. The number of azide groups is 1. The van der Waals surface area contributed by atoms with E-state index >= 15 is 0 Å². The summed E-state index contributed by atoms with van der Waals surface area (Å²) in [4.78, 5) is 19.1. The lowest BCUT2D eigenvalue weighted by molar-refractivity contribution is -0.137. The van der Waals surface area contributed by atoms with Gasteiger partial charge in [-0.2, -0.15) is 0 Å². The topological polar surface area (TPSA) is 111 Å². The minimum Gasteiger partial charge on any atom is -0.480 e. The number of carbonyl (C=O) groups is 1. The maximum Gasteiger partial charge on any atom is 0.326 e. The number of carboxylic acid groups (broad SMARTS) is 1. The molecule has 3 rings (SSSR count). The van der Waals surface area contributed by atoms with Crippen molar-refractivity contribution in [1.29, 1.82) is 0 Å². The number of nitrogens with zero attached hydrogens (tertiary/aromatic N) is 4. The summed E-state index contributed by atoms with van der Waals surface area (Å²) in [5.41, 5.74) is 12.3. The number of nitrogens with one attached hydrogen (secondary N) is 1. The smallest absolute Gasteiger partial charge is 0.326 e. The largest absolute Gasteiger partial charge is 0.480 e. The molecule has 2 aromatic carbocycles. The molecule has 0 amide bonds. The highest BCUT2D eigenvalue weighted by Gasteiger charge is 2.19. The molecule has 1 aromatic heterocycles. The van der Waals surface area contributed by atoms with Crippen LogP contribution in [0.1, 0.15) is 49.7 Å². The molecule has 7 nitrogen and oxygen atoms in total. The summed E-state index contributed by atoms with van der Waals surface area (Å²) >= 11 is 7.33. The Bertz CT molecular complexity index is 1110. The van der Waals surface area contributed by atoms with Crippen LogP contribution < -0.4 is 5.32 Å². The number of hydrogen-bond donors (Lipinski definition) is 2. The molecule has 9 heteroatoms. The van der Waals surface area contributed by atoms with E-state index < -0.39 is 12.0 Å². The van der Waals surface area contributed by atoms with E-state index in [1.807, 2.05) is 17.5 Å². The average Bonchev–Trinajstić information content (AvgIpc) is 3.33. The van der Waals surface area contributed by atoms with Crippen LogP contribution >= 0.6 is 22.9 Å². The molecular weight excluding hydrogens is 482 g/mol. The van der Waals surface area contributed by atoms with Crippen molar-refractivity contribution in [3.8, 4) is 11.3 Å². The molecule has 3 aromatic rings. The summed E-state index contributed by atoms with van der Waals surface area (Å²) in [6.07, 6.45) is 8.22. The fraction of sp³-hybridized carbons (Fsp3) is 0.385. The zero-order valence-corrected chi connectivity index (χ0v) is 21.1. The van der Waals surface area contributed by atoms with Gasteiger partial charge in [-0.25, -0.2) is 9.78 Å². The van der Waals surface area contributed by atoms with Gasteiger partial charge in [0, 0.05) is 33.8 Å². The predicted octanol–water partition coefficient (Wildman–Crippen LogP) is 7.76. The van der Waals surface area contributed by atoms with E-state index in [0.717, 1.165) is 42.5 Å². The predicted molar refractivity (Wildman–Crippen MR) is 143 cm³/mol. The first-order valence-corrected chi connectivity index (χ1v) is 13.1. The number of rotatable bonds is 15. The Kier molecular flexibility index (Phi) is 10.9. The maximum atomic E-state index is 11.8. The number of thiazole rings is 1. The highest BCUT2D eigenvalue weighted by atomic mass is 35.5. The third-order valence-corrected chi connectivity index (χ3v) is 6.77. The number of benzene rings is 2. The van der Waals surface area contributed by atoms with Crippen LogP contribution in [-0.2, 0) is 17.6 Å². The molecule has 1 heterocycles. The van der Waals surface area contributed by atoms with Crippen molar-refractivity contribution in [2.75, 3.05) is 11.9 Å². The lowest BCUT2D eigenvalue weighted by atomic mass is 10.0. The van der Waals surface area contributed by atoms with Crippen LogP contribution in [0.4, 0.5) is 5.13 Å². The van der Waals surface area contributed by atoms with Gasteiger partial charge >= 0.3 is 5.97 Å². The second kappa shape index (κ2) is 14.4. The molecule has 0 aliphatic rings. The molecule has 35 heavy (non-hydrogen) atoms. The molecule has 0 saturated heterocycles. The fourth-order valence-electron chi connectivity index (χ4n) is 3.78. The lowest BCUT2D eigenvalue weighted by Gasteiger charge is -2.13. The van der Waals surface area contributed by atoms with E-state index in [9.17, 15) is 9.90 Å². The molecule has 0 bridgehead atoms. The molecule has 184 valence electrons. The van der Waals surface area contributed by atoms with Gasteiger partial charge in [-0.1, -0.05) is 78.8 Å². The Labute approximate surface area is 214 Å². The Morgan fingerprint density at radius 1 is 1.03 bits per heavy atom. The number of aromatic nitrogens is 1. The van der Waals surface area contributed by atoms with Crippen LogP contribution in [-0.4, -0.2) is 28.6 Å². The molecule has 1 unspecified atom stereocenters. The molecule has 0 aliphatic carbocycles. The second-order valence-electron chi connectivity index (χ2n) is 8.43. The van der Waals surface area contributed by atoms with E-state index in [0.29, 0.717) is 23.1 Å². The van der Waals surface area contributed by atoms with Crippen molar-refractivity contribution < 1.29 is 9.90 Å². The van der Waals surface area contributed by atoms with Gasteiger partial charge in [0.2, 0.25) is 0 Å². The minimum absolute atomic E-state index is 0.339. The molecule has 0 fully saturated rings. The van der Waals surface area contributed by atoms with Crippen LogP contribution in [0.3, 0.4) is 0 Å². The minimum atomic E-state index is -0.922.